The zero-order chi connectivity index (χ0) is 14.9. The Hall–Kier alpha value is -1.15. The Morgan fingerprint density at radius 1 is 1.48 bits per heavy atom. The van der Waals surface area contributed by atoms with Crippen molar-refractivity contribution in [1.82, 2.24) is 25.5 Å². The Balaban J connectivity index is 1.66. The summed E-state index contributed by atoms with van der Waals surface area (Å²) in [5, 5.41) is 14.8. The maximum absolute atomic E-state index is 11.6. The number of ether oxygens (including phenoxy) is 1. The molecule has 0 radical (unpaired) electrons. The molecule has 0 aromatic carbocycles. The molecule has 7 nitrogen and oxygen atoms in total. The minimum atomic E-state index is 0.0518. The molecule has 1 aliphatic carbocycles. The van der Waals surface area contributed by atoms with Gasteiger partial charge in [0.15, 0.2) is 5.82 Å². The van der Waals surface area contributed by atoms with E-state index in [4.69, 9.17) is 4.74 Å². The number of nitrogens with zero attached hydrogens (tertiary/aromatic N) is 4. The SMILES string of the molecule is COCCCNC(=O)CSCc1nnnn1C1CCCC1. The highest BCUT2D eigenvalue weighted by Gasteiger charge is 2.21. The minimum absolute atomic E-state index is 0.0518. The van der Waals surface area contributed by atoms with E-state index in [1.807, 2.05) is 4.68 Å². The predicted molar refractivity (Wildman–Crippen MR) is 81.0 cm³/mol. The van der Waals surface area contributed by atoms with Crippen LogP contribution in [0.1, 0.15) is 44.0 Å². The molecule has 1 N–H and O–H groups in total. The third-order valence-electron chi connectivity index (χ3n) is 3.54. The van der Waals surface area contributed by atoms with Crippen molar-refractivity contribution in [2.75, 3.05) is 26.0 Å². The second kappa shape index (κ2) is 8.99. The second-order valence-corrected chi connectivity index (χ2v) is 6.15. The van der Waals surface area contributed by atoms with Gasteiger partial charge in [-0.15, -0.1) is 16.9 Å². The van der Waals surface area contributed by atoms with Crippen LogP contribution in [0.15, 0.2) is 0 Å². The van der Waals surface area contributed by atoms with E-state index in [0.29, 0.717) is 30.7 Å². The Morgan fingerprint density at radius 2 is 2.29 bits per heavy atom. The van der Waals surface area contributed by atoms with Crippen LogP contribution in [-0.2, 0) is 15.3 Å². The smallest absolute Gasteiger partial charge is 0.230 e. The van der Waals surface area contributed by atoms with Crippen LogP contribution in [0.3, 0.4) is 0 Å². The number of amides is 1. The van der Waals surface area contributed by atoms with Crippen molar-refractivity contribution >= 4 is 17.7 Å². The average molecular weight is 313 g/mol. The number of methoxy groups -OCH3 is 1. The molecule has 1 saturated carbocycles. The van der Waals surface area contributed by atoms with Crippen LogP contribution in [-0.4, -0.2) is 52.1 Å². The van der Waals surface area contributed by atoms with E-state index >= 15 is 0 Å². The van der Waals surface area contributed by atoms with E-state index in [2.05, 4.69) is 20.8 Å². The van der Waals surface area contributed by atoms with Gasteiger partial charge < -0.3 is 10.1 Å². The molecule has 21 heavy (non-hydrogen) atoms. The summed E-state index contributed by atoms with van der Waals surface area (Å²) in [4.78, 5) is 11.6. The van der Waals surface area contributed by atoms with E-state index in [-0.39, 0.29) is 5.91 Å². The second-order valence-electron chi connectivity index (χ2n) is 5.17. The van der Waals surface area contributed by atoms with Crippen molar-refractivity contribution in [3.05, 3.63) is 5.82 Å². The van der Waals surface area contributed by atoms with E-state index in [1.54, 1.807) is 18.9 Å². The highest BCUT2D eigenvalue weighted by atomic mass is 32.2. The third-order valence-corrected chi connectivity index (χ3v) is 4.47. The molecule has 0 bridgehead atoms. The summed E-state index contributed by atoms with van der Waals surface area (Å²) in [6.07, 6.45) is 5.65. The molecule has 1 fully saturated rings. The molecule has 0 saturated heterocycles. The minimum Gasteiger partial charge on any atom is -0.385 e. The first-order valence-electron chi connectivity index (χ1n) is 7.41. The number of tetrazole rings is 1. The van der Waals surface area contributed by atoms with Crippen LogP contribution in [0, 0.1) is 0 Å². The number of thioether (sulfide) groups is 1. The van der Waals surface area contributed by atoms with E-state index < -0.39 is 0 Å². The number of carbonyl (C=O) groups excluding carboxylic acids is 1. The molecule has 0 atom stereocenters. The molecule has 1 amide bonds. The fourth-order valence-corrected chi connectivity index (χ4v) is 3.23. The lowest BCUT2D eigenvalue weighted by Crippen LogP contribution is -2.27. The molecular formula is C13H23N5O2S. The van der Waals surface area contributed by atoms with Crippen LogP contribution >= 0.6 is 11.8 Å². The Morgan fingerprint density at radius 3 is 3.05 bits per heavy atom. The fraction of sp³-hybridized carbons (Fsp3) is 0.846. The Bertz CT molecular complexity index is 434. The number of nitrogens with one attached hydrogen (secondary N) is 1. The maximum Gasteiger partial charge on any atom is 0.230 e. The number of carbonyl (C=O) groups is 1. The fourth-order valence-electron chi connectivity index (χ4n) is 2.47. The largest absolute Gasteiger partial charge is 0.385 e. The molecule has 1 aromatic heterocycles. The molecule has 118 valence electrons. The van der Waals surface area contributed by atoms with Crippen molar-refractivity contribution in [1.29, 1.82) is 0 Å². The number of rotatable bonds is 9. The van der Waals surface area contributed by atoms with Gasteiger partial charge >= 0.3 is 0 Å². The van der Waals surface area contributed by atoms with Gasteiger partial charge in [0, 0.05) is 20.3 Å². The molecule has 0 spiro atoms. The van der Waals surface area contributed by atoms with Gasteiger partial charge in [0.05, 0.1) is 17.5 Å². The summed E-state index contributed by atoms with van der Waals surface area (Å²) in [5.74, 6) is 2.04. The van der Waals surface area contributed by atoms with E-state index in [0.717, 1.165) is 25.1 Å². The lowest BCUT2D eigenvalue weighted by atomic mass is 10.2. The van der Waals surface area contributed by atoms with Gasteiger partial charge in [-0.1, -0.05) is 12.8 Å². The maximum atomic E-state index is 11.6. The van der Waals surface area contributed by atoms with Crippen LogP contribution in [0.5, 0.6) is 0 Å². The van der Waals surface area contributed by atoms with Gasteiger partial charge in [-0.05, 0) is 29.7 Å². The van der Waals surface area contributed by atoms with Crippen molar-refractivity contribution in [3.63, 3.8) is 0 Å². The standard InChI is InChI=1S/C13H23N5O2S/c1-20-8-4-7-14-13(19)10-21-9-12-15-16-17-18(12)11-5-2-3-6-11/h11H,2-10H2,1H3,(H,14,19). The first-order chi connectivity index (χ1) is 10.3. The molecule has 2 rings (SSSR count). The van der Waals surface area contributed by atoms with Gasteiger partial charge in [0.1, 0.15) is 0 Å². The molecule has 1 aliphatic rings. The summed E-state index contributed by atoms with van der Waals surface area (Å²) in [5.41, 5.74) is 0. The van der Waals surface area contributed by atoms with Gasteiger partial charge in [-0.25, -0.2) is 4.68 Å². The van der Waals surface area contributed by atoms with Crippen molar-refractivity contribution in [2.24, 2.45) is 0 Å². The summed E-state index contributed by atoms with van der Waals surface area (Å²) < 4.78 is 6.88. The summed E-state index contributed by atoms with van der Waals surface area (Å²) >= 11 is 1.55. The quantitative estimate of drug-likeness (QED) is 0.689. The highest BCUT2D eigenvalue weighted by molar-refractivity contribution is 7.99. The summed E-state index contributed by atoms with van der Waals surface area (Å²) in [6.45, 7) is 1.33. The lowest BCUT2D eigenvalue weighted by molar-refractivity contribution is -0.118. The number of hydrogen-bond donors (Lipinski definition) is 1. The van der Waals surface area contributed by atoms with Gasteiger partial charge in [0.2, 0.25) is 5.91 Å². The van der Waals surface area contributed by atoms with Gasteiger partial charge in [-0.2, -0.15) is 0 Å². The van der Waals surface area contributed by atoms with Crippen LogP contribution < -0.4 is 5.32 Å². The van der Waals surface area contributed by atoms with Gasteiger partial charge in [0.25, 0.3) is 0 Å². The summed E-state index contributed by atoms with van der Waals surface area (Å²) in [6, 6.07) is 0.443. The monoisotopic (exact) mass is 313 g/mol. The normalized spacial score (nSPS) is 15.5. The van der Waals surface area contributed by atoms with Crippen molar-refractivity contribution in [2.45, 2.75) is 43.9 Å². The van der Waals surface area contributed by atoms with Crippen molar-refractivity contribution < 1.29 is 9.53 Å². The van der Waals surface area contributed by atoms with Crippen LogP contribution in [0.4, 0.5) is 0 Å². The van der Waals surface area contributed by atoms with Crippen LogP contribution in [0.25, 0.3) is 0 Å². The van der Waals surface area contributed by atoms with Crippen LogP contribution in [0.2, 0.25) is 0 Å². The summed E-state index contributed by atoms with van der Waals surface area (Å²) in [7, 11) is 1.66. The number of hydrogen-bond acceptors (Lipinski definition) is 6. The highest BCUT2D eigenvalue weighted by Crippen LogP contribution is 2.29. The van der Waals surface area contributed by atoms with E-state index in [1.165, 1.54) is 12.8 Å². The topological polar surface area (TPSA) is 81.9 Å². The van der Waals surface area contributed by atoms with Gasteiger partial charge in [-0.3, -0.25) is 4.79 Å². The number of aromatic nitrogens is 4. The molecular weight excluding hydrogens is 290 g/mol. The lowest BCUT2D eigenvalue weighted by Gasteiger charge is -2.11. The molecule has 0 unspecified atom stereocenters. The Kier molecular flexibility index (Phi) is 6.94. The zero-order valence-electron chi connectivity index (χ0n) is 12.5. The zero-order valence-corrected chi connectivity index (χ0v) is 13.3. The average Bonchev–Trinajstić information content (AvgIpc) is 3.14. The van der Waals surface area contributed by atoms with Crippen molar-refractivity contribution in [3.8, 4) is 0 Å². The molecule has 1 aromatic rings. The first kappa shape index (κ1) is 16.2. The third kappa shape index (κ3) is 5.28. The predicted octanol–water partition coefficient (Wildman–Crippen LogP) is 1.17. The van der Waals surface area contributed by atoms with E-state index in [9.17, 15) is 4.79 Å². The first-order valence-corrected chi connectivity index (χ1v) is 8.57. The Labute approximate surface area is 129 Å². The molecule has 1 heterocycles. The molecule has 8 heteroatoms. The molecule has 0 aliphatic heterocycles.